The molecule has 126 valence electrons. The monoisotopic (exact) mass is 345 g/mol. The van der Waals surface area contributed by atoms with Crippen LogP contribution in [0.5, 0.6) is 5.75 Å². The number of amides is 1. The van der Waals surface area contributed by atoms with Crippen molar-refractivity contribution in [1.29, 1.82) is 0 Å². The third-order valence-corrected chi connectivity index (χ3v) is 4.78. The van der Waals surface area contributed by atoms with Gasteiger partial charge < -0.3 is 15.2 Å². The number of rotatable bonds is 6. The Hall–Kier alpha value is -1.83. The number of aliphatic carboxylic acids is 1. The molecular weight excluding hydrogens is 328 g/mol. The van der Waals surface area contributed by atoms with Crippen molar-refractivity contribution >= 4 is 23.6 Å². The SMILES string of the molecule is CCOc1ccccc1C(F)(F)C(=O)NC1(C(=O)O)CCSC1. The van der Waals surface area contributed by atoms with Gasteiger partial charge in [0, 0.05) is 5.75 Å². The fourth-order valence-electron chi connectivity index (χ4n) is 2.31. The molecule has 2 rings (SSSR count). The van der Waals surface area contributed by atoms with Gasteiger partial charge in [-0.05, 0) is 31.2 Å². The van der Waals surface area contributed by atoms with Crippen LogP contribution in [0.15, 0.2) is 24.3 Å². The van der Waals surface area contributed by atoms with E-state index in [0.29, 0.717) is 5.75 Å². The number of para-hydroxylation sites is 1. The summed E-state index contributed by atoms with van der Waals surface area (Å²) in [6.45, 7) is 1.81. The lowest BCUT2D eigenvalue weighted by Gasteiger charge is -2.27. The average Bonchev–Trinajstić information content (AvgIpc) is 2.98. The summed E-state index contributed by atoms with van der Waals surface area (Å²) < 4.78 is 34.2. The molecule has 2 N–H and O–H groups in total. The van der Waals surface area contributed by atoms with Gasteiger partial charge in [0.2, 0.25) is 0 Å². The summed E-state index contributed by atoms with van der Waals surface area (Å²) in [5, 5.41) is 11.3. The van der Waals surface area contributed by atoms with Gasteiger partial charge in [-0.25, -0.2) is 4.79 Å². The minimum Gasteiger partial charge on any atom is -0.493 e. The standard InChI is InChI=1S/C15H17F2NO4S/c1-2-22-11-6-4-3-5-10(11)15(16,17)12(19)18-14(13(20)21)7-8-23-9-14/h3-6H,2,7-9H2,1H3,(H,18,19)(H,20,21). The first-order valence-corrected chi connectivity index (χ1v) is 8.23. The van der Waals surface area contributed by atoms with E-state index in [2.05, 4.69) is 0 Å². The summed E-state index contributed by atoms with van der Waals surface area (Å²) in [6.07, 6.45) is 0.113. The number of halogens is 2. The van der Waals surface area contributed by atoms with Crippen molar-refractivity contribution in [3.05, 3.63) is 29.8 Å². The molecular formula is C15H17F2NO4S. The van der Waals surface area contributed by atoms with Crippen LogP contribution in [0.3, 0.4) is 0 Å². The maximum atomic E-state index is 14.5. The molecule has 1 aliphatic rings. The number of hydrogen-bond acceptors (Lipinski definition) is 4. The Morgan fingerprint density at radius 3 is 2.70 bits per heavy atom. The van der Waals surface area contributed by atoms with Gasteiger partial charge in [-0.3, -0.25) is 4.79 Å². The van der Waals surface area contributed by atoms with Crippen molar-refractivity contribution in [2.24, 2.45) is 0 Å². The van der Waals surface area contributed by atoms with Crippen molar-refractivity contribution in [2.75, 3.05) is 18.1 Å². The number of carbonyl (C=O) groups is 2. The molecule has 0 spiro atoms. The molecule has 23 heavy (non-hydrogen) atoms. The zero-order valence-corrected chi connectivity index (χ0v) is 13.3. The molecule has 1 fully saturated rings. The van der Waals surface area contributed by atoms with Crippen LogP contribution in [0.1, 0.15) is 18.9 Å². The van der Waals surface area contributed by atoms with Crippen LogP contribution < -0.4 is 10.1 Å². The van der Waals surface area contributed by atoms with E-state index in [-0.39, 0.29) is 24.5 Å². The molecule has 0 bridgehead atoms. The Kier molecular flexibility index (Phi) is 5.13. The second-order valence-electron chi connectivity index (χ2n) is 5.15. The maximum Gasteiger partial charge on any atom is 0.353 e. The normalized spacial score (nSPS) is 21.0. The third-order valence-electron chi connectivity index (χ3n) is 3.59. The van der Waals surface area contributed by atoms with Gasteiger partial charge in [0.25, 0.3) is 5.91 Å². The summed E-state index contributed by atoms with van der Waals surface area (Å²) in [5.41, 5.74) is -2.23. The zero-order valence-electron chi connectivity index (χ0n) is 12.5. The minimum atomic E-state index is -3.89. The predicted molar refractivity (Wildman–Crippen MR) is 82.0 cm³/mol. The lowest BCUT2D eigenvalue weighted by atomic mass is 9.97. The van der Waals surface area contributed by atoms with E-state index >= 15 is 0 Å². The smallest absolute Gasteiger partial charge is 0.353 e. The fraction of sp³-hybridized carbons (Fsp3) is 0.467. The second-order valence-corrected chi connectivity index (χ2v) is 6.25. The molecule has 5 nitrogen and oxygen atoms in total. The second kappa shape index (κ2) is 6.74. The highest BCUT2D eigenvalue weighted by molar-refractivity contribution is 7.99. The van der Waals surface area contributed by atoms with Crippen LogP contribution in [0.2, 0.25) is 0 Å². The van der Waals surface area contributed by atoms with Crippen LogP contribution >= 0.6 is 11.8 Å². The van der Waals surface area contributed by atoms with Crippen molar-refractivity contribution in [3.63, 3.8) is 0 Å². The average molecular weight is 345 g/mol. The molecule has 1 aromatic carbocycles. The molecule has 1 aliphatic heterocycles. The topological polar surface area (TPSA) is 75.6 Å². The zero-order chi connectivity index (χ0) is 17.1. The van der Waals surface area contributed by atoms with Gasteiger partial charge in [0.05, 0.1) is 12.2 Å². The molecule has 1 amide bonds. The highest BCUT2D eigenvalue weighted by atomic mass is 32.2. The Morgan fingerprint density at radius 1 is 1.43 bits per heavy atom. The van der Waals surface area contributed by atoms with E-state index < -0.39 is 28.9 Å². The number of nitrogens with one attached hydrogen (secondary N) is 1. The van der Waals surface area contributed by atoms with Gasteiger partial charge >= 0.3 is 11.9 Å². The molecule has 1 aromatic rings. The van der Waals surface area contributed by atoms with E-state index in [4.69, 9.17) is 4.74 Å². The van der Waals surface area contributed by atoms with Gasteiger partial charge in [0.1, 0.15) is 11.3 Å². The summed E-state index contributed by atoms with van der Waals surface area (Å²) in [7, 11) is 0. The summed E-state index contributed by atoms with van der Waals surface area (Å²) in [4.78, 5) is 23.5. The molecule has 0 saturated carbocycles. The largest absolute Gasteiger partial charge is 0.493 e. The fourth-order valence-corrected chi connectivity index (χ4v) is 3.64. The molecule has 0 aromatic heterocycles. The van der Waals surface area contributed by atoms with E-state index in [1.54, 1.807) is 6.92 Å². The van der Waals surface area contributed by atoms with E-state index in [1.807, 2.05) is 5.32 Å². The number of carbonyl (C=O) groups excluding carboxylic acids is 1. The Bertz CT molecular complexity index is 603. The predicted octanol–water partition coefficient (Wildman–Crippen LogP) is 2.25. The van der Waals surface area contributed by atoms with Crippen LogP contribution in [0.25, 0.3) is 0 Å². The minimum absolute atomic E-state index is 0.0667. The highest BCUT2D eigenvalue weighted by Crippen LogP contribution is 2.37. The quantitative estimate of drug-likeness (QED) is 0.827. The lowest BCUT2D eigenvalue weighted by molar-refractivity contribution is -0.155. The number of thioether (sulfide) groups is 1. The molecule has 0 aliphatic carbocycles. The molecule has 1 unspecified atom stereocenters. The van der Waals surface area contributed by atoms with E-state index in [9.17, 15) is 23.5 Å². The van der Waals surface area contributed by atoms with Crippen LogP contribution in [0.4, 0.5) is 8.78 Å². The van der Waals surface area contributed by atoms with Crippen LogP contribution in [-0.4, -0.2) is 40.6 Å². The highest BCUT2D eigenvalue weighted by Gasteiger charge is 2.50. The molecule has 0 radical (unpaired) electrons. The molecule has 1 heterocycles. The number of hydrogen-bond donors (Lipinski definition) is 2. The number of carboxylic acids is 1. The summed E-state index contributed by atoms with van der Waals surface area (Å²) in [5.74, 6) is -6.36. The number of ether oxygens (including phenoxy) is 1. The maximum absolute atomic E-state index is 14.5. The van der Waals surface area contributed by atoms with E-state index in [0.717, 1.165) is 6.07 Å². The van der Waals surface area contributed by atoms with Gasteiger partial charge in [-0.2, -0.15) is 20.5 Å². The first-order chi connectivity index (χ1) is 10.8. The first-order valence-electron chi connectivity index (χ1n) is 7.07. The van der Waals surface area contributed by atoms with Gasteiger partial charge in [-0.1, -0.05) is 12.1 Å². The summed E-state index contributed by atoms with van der Waals surface area (Å²) in [6, 6.07) is 5.34. The van der Waals surface area contributed by atoms with Crippen molar-refractivity contribution in [2.45, 2.75) is 24.8 Å². The van der Waals surface area contributed by atoms with Gasteiger partial charge in [-0.15, -0.1) is 0 Å². The lowest BCUT2D eigenvalue weighted by Crippen LogP contribution is -2.58. The summed E-state index contributed by atoms with van der Waals surface area (Å²) >= 11 is 1.30. The number of alkyl halides is 2. The Labute approximate surface area is 136 Å². The number of benzene rings is 1. The Balaban J connectivity index is 2.28. The number of carboxylic acid groups (broad SMARTS) is 1. The van der Waals surface area contributed by atoms with Crippen LogP contribution in [-0.2, 0) is 15.5 Å². The first kappa shape index (κ1) is 17.5. The van der Waals surface area contributed by atoms with Gasteiger partial charge in [0.15, 0.2) is 0 Å². The molecule has 8 heteroatoms. The molecule has 1 saturated heterocycles. The molecule has 1 atom stereocenters. The third kappa shape index (κ3) is 3.41. The van der Waals surface area contributed by atoms with Crippen LogP contribution in [0, 0.1) is 0 Å². The van der Waals surface area contributed by atoms with Crippen molar-refractivity contribution < 1.29 is 28.2 Å². The Morgan fingerprint density at radius 2 is 2.13 bits per heavy atom. The van der Waals surface area contributed by atoms with Crippen molar-refractivity contribution in [3.8, 4) is 5.75 Å². The van der Waals surface area contributed by atoms with E-state index in [1.165, 1.54) is 30.0 Å². The van der Waals surface area contributed by atoms with Crippen molar-refractivity contribution in [1.82, 2.24) is 5.32 Å².